The van der Waals surface area contributed by atoms with E-state index in [-0.39, 0.29) is 11.6 Å². The van der Waals surface area contributed by atoms with Crippen LogP contribution >= 0.6 is 11.6 Å². The summed E-state index contributed by atoms with van der Waals surface area (Å²) in [5.41, 5.74) is 2.41. The average Bonchev–Trinajstić information content (AvgIpc) is 2.33. The number of rotatable bonds is 2. The van der Waals surface area contributed by atoms with Crippen LogP contribution in [0, 0.1) is 12.7 Å². The largest absolute Gasteiger partial charge is 0.295 e. The van der Waals surface area contributed by atoms with Crippen LogP contribution in [0.3, 0.4) is 0 Å². The molecular weight excluding hydrogens is 251 g/mol. The lowest BCUT2D eigenvalue weighted by Gasteiger charge is -2.09. The standard InChI is InChI=1S/C15H12ClFO/c1-9-12(4-3-5-14(9)16)13-8-11(10(2)18)6-7-15(13)17/h3-8H,1-2H3. The normalized spacial score (nSPS) is 10.4. The third-order valence-electron chi connectivity index (χ3n) is 2.93. The predicted molar refractivity (Wildman–Crippen MR) is 71.6 cm³/mol. The third kappa shape index (κ3) is 2.29. The Kier molecular flexibility index (Phi) is 3.48. The molecule has 0 spiro atoms. The van der Waals surface area contributed by atoms with Crippen LogP contribution < -0.4 is 0 Å². The fourth-order valence-corrected chi connectivity index (χ4v) is 2.02. The molecule has 0 fully saturated rings. The van der Waals surface area contributed by atoms with Gasteiger partial charge in [0.15, 0.2) is 5.78 Å². The van der Waals surface area contributed by atoms with Crippen molar-refractivity contribution in [3.63, 3.8) is 0 Å². The van der Waals surface area contributed by atoms with Gasteiger partial charge in [-0.25, -0.2) is 4.39 Å². The molecule has 0 saturated heterocycles. The topological polar surface area (TPSA) is 17.1 Å². The minimum Gasteiger partial charge on any atom is -0.295 e. The minimum atomic E-state index is -0.356. The fourth-order valence-electron chi connectivity index (χ4n) is 1.85. The fraction of sp³-hybridized carbons (Fsp3) is 0.133. The molecule has 18 heavy (non-hydrogen) atoms. The van der Waals surface area contributed by atoms with E-state index < -0.39 is 0 Å². The molecule has 2 aromatic rings. The lowest BCUT2D eigenvalue weighted by molar-refractivity contribution is 0.101. The second-order valence-corrected chi connectivity index (χ2v) is 4.57. The van der Waals surface area contributed by atoms with Gasteiger partial charge in [0, 0.05) is 16.1 Å². The Hall–Kier alpha value is -1.67. The van der Waals surface area contributed by atoms with Crippen LogP contribution in [0.4, 0.5) is 4.39 Å². The molecule has 0 saturated carbocycles. The van der Waals surface area contributed by atoms with Crippen LogP contribution in [0.15, 0.2) is 36.4 Å². The molecule has 0 heterocycles. The highest BCUT2D eigenvalue weighted by Gasteiger charge is 2.11. The van der Waals surface area contributed by atoms with Gasteiger partial charge in [0.05, 0.1) is 0 Å². The summed E-state index contributed by atoms with van der Waals surface area (Å²) >= 11 is 6.03. The highest BCUT2D eigenvalue weighted by Crippen LogP contribution is 2.30. The van der Waals surface area contributed by atoms with Crippen molar-refractivity contribution in [1.82, 2.24) is 0 Å². The number of hydrogen-bond donors (Lipinski definition) is 0. The number of halogens is 2. The molecule has 1 nitrogen and oxygen atoms in total. The van der Waals surface area contributed by atoms with Crippen molar-refractivity contribution in [2.45, 2.75) is 13.8 Å². The van der Waals surface area contributed by atoms with Crippen LogP contribution in [0.5, 0.6) is 0 Å². The number of carbonyl (C=O) groups excluding carboxylic acids is 1. The Bertz CT molecular complexity index is 620. The van der Waals surface area contributed by atoms with E-state index in [4.69, 9.17) is 11.6 Å². The van der Waals surface area contributed by atoms with Crippen LogP contribution in [0.25, 0.3) is 11.1 Å². The van der Waals surface area contributed by atoms with Crippen LogP contribution in [-0.2, 0) is 0 Å². The molecule has 0 bridgehead atoms. The van der Waals surface area contributed by atoms with Crippen LogP contribution in [-0.4, -0.2) is 5.78 Å². The van der Waals surface area contributed by atoms with E-state index >= 15 is 0 Å². The maximum Gasteiger partial charge on any atom is 0.159 e. The molecule has 0 aliphatic rings. The second kappa shape index (κ2) is 4.91. The first-order valence-electron chi connectivity index (χ1n) is 5.56. The molecule has 92 valence electrons. The Morgan fingerprint density at radius 1 is 1.17 bits per heavy atom. The monoisotopic (exact) mass is 262 g/mol. The zero-order valence-corrected chi connectivity index (χ0v) is 10.9. The van der Waals surface area contributed by atoms with E-state index in [1.54, 1.807) is 24.3 Å². The van der Waals surface area contributed by atoms with Crippen molar-refractivity contribution in [1.29, 1.82) is 0 Å². The highest BCUT2D eigenvalue weighted by atomic mass is 35.5. The van der Waals surface area contributed by atoms with Gasteiger partial charge in [-0.05, 0) is 49.2 Å². The summed E-state index contributed by atoms with van der Waals surface area (Å²) in [6.07, 6.45) is 0. The number of ketones is 1. The van der Waals surface area contributed by atoms with Crippen molar-refractivity contribution in [2.75, 3.05) is 0 Å². The van der Waals surface area contributed by atoms with Crippen molar-refractivity contribution < 1.29 is 9.18 Å². The molecule has 0 N–H and O–H groups in total. The lowest BCUT2D eigenvalue weighted by atomic mass is 9.97. The predicted octanol–water partition coefficient (Wildman–Crippen LogP) is 4.66. The van der Waals surface area contributed by atoms with Gasteiger partial charge in [0.2, 0.25) is 0 Å². The van der Waals surface area contributed by atoms with Gasteiger partial charge in [-0.3, -0.25) is 4.79 Å². The van der Waals surface area contributed by atoms with Crippen molar-refractivity contribution in [3.05, 3.63) is 58.4 Å². The first kappa shape index (κ1) is 12.8. The Labute approximate surface area is 110 Å². The minimum absolute atomic E-state index is 0.0871. The summed E-state index contributed by atoms with van der Waals surface area (Å²) in [7, 11) is 0. The Morgan fingerprint density at radius 3 is 2.56 bits per heavy atom. The highest BCUT2D eigenvalue weighted by molar-refractivity contribution is 6.31. The van der Waals surface area contributed by atoms with Gasteiger partial charge >= 0.3 is 0 Å². The summed E-state index contributed by atoms with van der Waals surface area (Å²) < 4.78 is 13.9. The van der Waals surface area contributed by atoms with Crippen LogP contribution in [0.1, 0.15) is 22.8 Å². The zero-order chi connectivity index (χ0) is 13.3. The van der Waals surface area contributed by atoms with Gasteiger partial charge in [0.1, 0.15) is 5.82 Å². The molecule has 0 aliphatic carbocycles. The van der Waals surface area contributed by atoms with Gasteiger partial charge in [-0.2, -0.15) is 0 Å². The molecule has 0 aromatic heterocycles. The number of benzene rings is 2. The third-order valence-corrected chi connectivity index (χ3v) is 3.34. The second-order valence-electron chi connectivity index (χ2n) is 4.16. The summed E-state index contributed by atoms with van der Waals surface area (Å²) in [5.74, 6) is -0.443. The summed E-state index contributed by atoms with van der Waals surface area (Å²) in [4.78, 5) is 11.3. The first-order valence-corrected chi connectivity index (χ1v) is 5.94. The van der Waals surface area contributed by atoms with Gasteiger partial charge in [0.25, 0.3) is 0 Å². The molecular formula is C15H12ClFO. The maximum atomic E-state index is 13.9. The van der Waals surface area contributed by atoms with E-state index in [1.165, 1.54) is 19.1 Å². The first-order chi connectivity index (χ1) is 8.50. The van der Waals surface area contributed by atoms with Gasteiger partial charge < -0.3 is 0 Å². The van der Waals surface area contributed by atoms with Gasteiger partial charge in [-0.1, -0.05) is 23.7 Å². The van der Waals surface area contributed by atoms with Gasteiger partial charge in [-0.15, -0.1) is 0 Å². The zero-order valence-electron chi connectivity index (χ0n) is 10.1. The molecule has 3 heteroatoms. The van der Waals surface area contributed by atoms with E-state index in [9.17, 15) is 9.18 Å². The van der Waals surface area contributed by atoms with Crippen molar-refractivity contribution >= 4 is 17.4 Å². The molecule has 2 aromatic carbocycles. The molecule has 0 unspecified atom stereocenters. The SMILES string of the molecule is CC(=O)c1ccc(F)c(-c2cccc(Cl)c2C)c1. The average molecular weight is 263 g/mol. The van der Waals surface area contributed by atoms with E-state index in [0.29, 0.717) is 21.7 Å². The molecule has 0 radical (unpaired) electrons. The lowest BCUT2D eigenvalue weighted by Crippen LogP contribution is -1.95. The van der Waals surface area contributed by atoms with Crippen molar-refractivity contribution in [3.8, 4) is 11.1 Å². The molecule has 0 atom stereocenters. The van der Waals surface area contributed by atoms with E-state index in [2.05, 4.69) is 0 Å². The van der Waals surface area contributed by atoms with E-state index in [0.717, 1.165) is 5.56 Å². The molecule has 0 aliphatic heterocycles. The summed E-state index contributed by atoms with van der Waals surface area (Å²) in [6.45, 7) is 3.29. The van der Waals surface area contributed by atoms with Crippen LogP contribution in [0.2, 0.25) is 5.02 Å². The Morgan fingerprint density at radius 2 is 1.89 bits per heavy atom. The number of carbonyl (C=O) groups is 1. The summed E-state index contributed by atoms with van der Waals surface area (Å²) in [5, 5.41) is 0.583. The quantitative estimate of drug-likeness (QED) is 0.720. The number of hydrogen-bond acceptors (Lipinski definition) is 1. The van der Waals surface area contributed by atoms with E-state index in [1.807, 2.05) is 6.92 Å². The smallest absolute Gasteiger partial charge is 0.159 e. The Balaban J connectivity index is 2.66. The molecule has 2 rings (SSSR count). The maximum absolute atomic E-state index is 13.9. The molecule has 0 amide bonds. The van der Waals surface area contributed by atoms with Crippen molar-refractivity contribution in [2.24, 2.45) is 0 Å². The summed E-state index contributed by atoms with van der Waals surface area (Å²) in [6, 6.07) is 9.69. The number of Topliss-reactive ketones (excluding diaryl/α,β-unsaturated/α-hetero) is 1.